The maximum Gasteiger partial charge on any atom is 0.235 e. The van der Waals surface area contributed by atoms with Crippen molar-refractivity contribution in [1.82, 2.24) is 10.2 Å². The van der Waals surface area contributed by atoms with Crippen molar-refractivity contribution in [1.29, 1.82) is 5.26 Å². The number of likely N-dealkylation sites (N-methyl/N-ethyl adjacent to an activating group) is 1. The second-order valence-corrected chi connectivity index (χ2v) is 6.35. The van der Waals surface area contributed by atoms with Crippen LogP contribution in [-0.4, -0.2) is 37.0 Å². The number of amides is 1. The largest absolute Gasteiger partial charge is 0.496 e. The molecule has 1 amide bonds. The lowest BCUT2D eigenvalue weighted by molar-refractivity contribution is -0.124. The number of carbonyl (C=O) groups is 1. The van der Waals surface area contributed by atoms with Gasteiger partial charge in [-0.15, -0.1) is 0 Å². The first-order valence-electron chi connectivity index (χ1n) is 7.80. The lowest BCUT2D eigenvalue weighted by Gasteiger charge is -2.30. The van der Waals surface area contributed by atoms with Crippen LogP contribution >= 0.6 is 0 Å². The van der Waals surface area contributed by atoms with Gasteiger partial charge in [0.1, 0.15) is 11.3 Å². The van der Waals surface area contributed by atoms with Crippen LogP contribution in [0.15, 0.2) is 24.3 Å². The van der Waals surface area contributed by atoms with Gasteiger partial charge in [-0.2, -0.15) is 5.26 Å². The molecule has 0 unspecified atom stereocenters. The molecule has 1 rings (SSSR count). The predicted octanol–water partition coefficient (Wildman–Crippen LogP) is 2.74. The molecule has 1 N–H and O–H groups in total. The van der Waals surface area contributed by atoms with Crippen molar-refractivity contribution in [3.8, 4) is 11.8 Å². The van der Waals surface area contributed by atoms with E-state index in [2.05, 4.69) is 11.4 Å². The van der Waals surface area contributed by atoms with Gasteiger partial charge >= 0.3 is 0 Å². The SMILES string of the molecule is COc1ccccc1[C@@H](C)N(C)CC(=O)N[C@](C)(C#N)C(C)C. The quantitative estimate of drug-likeness (QED) is 0.840. The summed E-state index contributed by atoms with van der Waals surface area (Å²) in [6, 6.07) is 9.98. The Balaban J connectivity index is 2.77. The summed E-state index contributed by atoms with van der Waals surface area (Å²) in [5.41, 5.74) is 0.170. The molecule has 0 aliphatic rings. The van der Waals surface area contributed by atoms with Crippen molar-refractivity contribution in [2.24, 2.45) is 5.92 Å². The zero-order valence-electron chi connectivity index (χ0n) is 14.9. The average Bonchev–Trinajstić information content (AvgIpc) is 2.53. The fraction of sp³-hybridized carbons (Fsp3) is 0.556. The van der Waals surface area contributed by atoms with Crippen molar-refractivity contribution in [3.63, 3.8) is 0 Å². The first kappa shape index (κ1) is 19.0. The first-order chi connectivity index (χ1) is 10.7. The van der Waals surface area contributed by atoms with Gasteiger partial charge in [-0.05, 0) is 32.9 Å². The number of ether oxygens (including phenoxy) is 1. The van der Waals surface area contributed by atoms with E-state index in [0.717, 1.165) is 11.3 Å². The Morgan fingerprint density at radius 2 is 2.00 bits per heavy atom. The number of methoxy groups -OCH3 is 1. The minimum Gasteiger partial charge on any atom is -0.496 e. The molecule has 126 valence electrons. The van der Waals surface area contributed by atoms with Crippen molar-refractivity contribution < 1.29 is 9.53 Å². The smallest absolute Gasteiger partial charge is 0.235 e. The van der Waals surface area contributed by atoms with E-state index < -0.39 is 5.54 Å². The molecule has 0 aliphatic heterocycles. The van der Waals surface area contributed by atoms with Crippen LogP contribution in [0.4, 0.5) is 0 Å². The van der Waals surface area contributed by atoms with Gasteiger partial charge in [0, 0.05) is 11.6 Å². The van der Waals surface area contributed by atoms with Crippen LogP contribution < -0.4 is 10.1 Å². The number of carbonyl (C=O) groups excluding carboxylic acids is 1. The fourth-order valence-corrected chi connectivity index (χ4v) is 2.24. The van der Waals surface area contributed by atoms with Crippen molar-refractivity contribution in [3.05, 3.63) is 29.8 Å². The number of benzene rings is 1. The maximum absolute atomic E-state index is 12.3. The van der Waals surface area contributed by atoms with E-state index in [1.807, 2.05) is 57.0 Å². The molecule has 23 heavy (non-hydrogen) atoms. The molecular weight excluding hydrogens is 290 g/mol. The molecular formula is C18H27N3O2. The molecule has 0 spiro atoms. The zero-order chi connectivity index (χ0) is 17.6. The third-order valence-electron chi connectivity index (χ3n) is 4.43. The van der Waals surface area contributed by atoms with Crippen molar-refractivity contribution >= 4 is 5.91 Å². The normalized spacial score (nSPS) is 14.9. The Bertz CT molecular complexity index is 580. The molecule has 1 aromatic carbocycles. The summed E-state index contributed by atoms with van der Waals surface area (Å²) in [5.74, 6) is 0.677. The predicted molar refractivity (Wildman–Crippen MR) is 91.0 cm³/mol. The summed E-state index contributed by atoms with van der Waals surface area (Å²) < 4.78 is 5.38. The number of nitrogens with zero attached hydrogens (tertiary/aromatic N) is 2. The third-order valence-corrected chi connectivity index (χ3v) is 4.43. The van der Waals surface area contributed by atoms with E-state index in [9.17, 15) is 10.1 Å². The second kappa shape index (κ2) is 7.98. The second-order valence-electron chi connectivity index (χ2n) is 6.35. The van der Waals surface area contributed by atoms with Crippen molar-refractivity contribution in [2.45, 2.75) is 39.3 Å². The van der Waals surface area contributed by atoms with Gasteiger partial charge in [0.05, 0.1) is 19.7 Å². The topological polar surface area (TPSA) is 65.4 Å². The molecule has 0 heterocycles. The van der Waals surface area contributed by atoms with Crippen LogP contribution in [0.2, 0.25) is 0 Å². The van der Waals surface area contributed by atoms with E-state index >= 15 is 0 Å². The standard InChI is InChI=1S/C18H27N3O2/c1-13(2)18(4,12-19)20-17(22)11-21(5)14(3)15-9-7-8-10-16(15)23-6/h7-10,13-14H,11H2,1-6H3,(H,20,22)/t14-,18-/m1/s1. The summed E-state index contributed by atoms with van der Waals surface area (Å²) in [6.45, 7) is 7.83. The molecule has 0 bridgehead atoms. The van der Waals surface area contributed by atoms with Gasteiger partial charge in [-0.25, -0.2) is 0 Å². The Morgan fingerprint density at radius 1 is 1.39 bits per heavy atom. The summed E-state index contributed by atoms with van der Waals surface area (Å²) in [7, 11) is 3.52. The molecule has 0 fully saturated rings. The average molecular weight is 317 g/mol. The summed E-state index contributed by atoms with van der Waals surface area (Å²) in [6.07, 6.45) is 0. The van der Waals surface area contributed by atoms with E-state index in [0.29, 0.717) is 0 Å². The van der Waals surface area contributed by atoms with Gasteiger partial charge < -0.3 is 10.1 Å². The molecule has 1 aromatic rings. The van der Waals surface area contributed by atoms with Crippen LogP contribution in [0.3, 0.4) is 0 Å². The van der Waals surface area contributed by atoms with Crippen LogP contribution in [0.25, 0.3) is 0 Å². The molecule has 0 aromatic heterocycles. The minimum absolute atomic E-state index is 0.0179. The molecule has 5 nitrogen and oxygen atoms in total. The first-order valence-corrected chi connectivity index (χ1v) is 7.80. The number of hydrogen-bond acceptors (Lipinski definition) is 4. The van der Waals surface area contributed by atoms with Gasteiger partial charge in [0.25, 0.3) is 0 Å². The highest BCUT2D eigenvalue weighted by atomic mass is 16.5. The summed E-state index contributed by atoms with van der Waals surface area (Å²) >= 11 is 0. The van der Waals surface area contributed by atoms with Crippen LogP contribution in [-0.2, 0) is 4.79 Å². The summed E-state index contributed by atoms with van der Waals surface area (Å²) in [5, 5.41) is 12.1. The number of nitrogens with one attached hydrogen (secondary N) is 1. The lowest BCUT2D eigenvalue weighted by Crippen LogP contribution is -2.51. The van der Waals surface area contributed by atoms with Gasteiger partial charge in [-0.1, -0.05) is 32.0 Å². The van der Waals surface area contributed by atoms with E-state index in [-0.39, 0.29) is 24.4 Å². The highest BCUT2D eigenvalue weighted by Gasteiger charge is 2.30. The number of hydrogen-bond donors (Lipinski definition) is 1. The number of nitriles is 1. The maximum atomic E-state index is 12.3. The Kier molecular flexibility index (Phi) is 6.59. The number of rotatable bonds is 7. The summed E-state index contributed by atoms with van der Waals surface area (Å²) in [4.78, 5) is 14.2. The Morgan fingerprint density at radius 3 is 2.52 bits per heavy atom. The molecule has 2 atom stereocenters. The molecule has 0 saturated carbocycles. The van der Waals surface area contributed by atoms with E-state index in [4.69, 9.17) is 4.74 Å². The molecule has 0 radical (unpaired) electrons. The lowest BCUT2D eigenvalue weighted by atomic mass is 9.90. The highest BCUT2D eigenvalue weighted by molar-refractivity contribution is 5.79. The van der Waals surface area contributed by atoms with Gasteiger partial charge in [0.2, 0.25) is 5.91 Å². The zero-order valence-corrected chi connectivity index (χ0v) is 14.9. The van der Waals surface area contributed by atoms with Gasteiger partial charge in [-0.3, -0.25) is 9.69 Å². The molecule has 0 aliphatic carbocycles. The Hall–Kier alpha value is -2.06. The van der Waals surface area contributed by atoms with E-state index in [1.54, 1.807) is 14.0 Å². The van der Waals surface area contributed by atoms with Crippen LogP contribution in [0.1, 0.15) is 39.3 Å². The van der Waals surface area contributed by atoms with Crippen molar-refractivity contribution in [2.75, 3.05) is 20.7 Å². The Labute approximate surface area is 139 Å². The molecule has 5 heteroatoms. The molecule has 0 saturated heterocycles. The van der Waals surface area contributed by atoms with Crippen LogP contribution in [0.5, 0.6) is 5.75 Å². The number of para-hydroxylation sites is 1. The monoisotopic (exact) mass is 317 g/mol. The fourth-order valence-electron chi connectivity index (χ4n) is 2.24. The van der Waals surface area contributed by atoms with E-state index in [1.165, 1.54) is 0 Å². The minimum atomic E-state index is -0.856. The third kappa shape index (κ3) is 4.70. The van der Waals surface area contributed by atoms with Gasteiger partial charge in [0.15, 0.2) is 0 Å². The highest BCUT2D eigenvalue weighted by Crippen LogP contribution is 2.27. The van der Waals surface area contributed by atoms with Crippen LogP contribution in [0, 0.1) is 17.2 Å².